The molecule has 0 spiro atoms. The Labute approximate surface area is 128 Å². The summed E-state index contributed by atoms with van der Waals surface area (Å²) in [5.74, 6) is -1.25. The normalized spacial score (nSPS) is 25.7. The SMILES string of the molecule is Cc1cc(C(=O)NC2(CCl)CCCC(C)C2)c(F)cc1F. The molecular formula is C16H20ClF2NO. The first-order valence-electron chi connectivity index (χ1n) is 7.21. The maximum absolute atomic E-state index is 13.8. The van der Waals surface area contributed by atoms with E-state index in [1.54, 1.807) is 0 Å². The van der Waals surface area contributed by atoms with Gasteiger partial charge in [-0.15, -0.1) is 11.6 Å². The Morgan fingerprint density at radius 1 is 1.43 bits per heavy atom. The van der Waals surface area contributed by atoms with Gasteiger partial charge in [-0.3, -0.25) is 4.79 Å². The summed E-state index contributed by atoms with van der Waals surface area (Å²) in [5, 5.41) is 2.88. The number of halogens is 3. The molecule has 1 aliphatic rings. The third kappa shape index (κ3) is 3.54. The van der Waals surface area contributed by atoms with Crippen LogP contribution >= 0.6 is 11.6 Å². The van der Waals surface area contributed by atoms with Crippen LogP contribution in [0.5, 0.6) is 0 Å². The second-order valence-electron chi connectivity index (χ2n) is 6.15. The summed E-state index contributed by atoms with van der Waals surface area (Å²) in [6.45, 7) is 3.63. The zero-order valence-electron chi connectivity index (χ0n) is 12.3. The van der Waals surface area contributed by atoms with Gasteiger partial charge in [0.1, 0.15) is 11.6 Å². The van der Waals surface area contributed by atoms with Crippen molar-refractivity contribution >= 4 is 17.5 Å². The van der Waals surface area contributed by atoms with Gasteiger partial charge in [-0.1, -0.05) is 19.8 Å². The van der Waals surface area contributed by atoms with Gasteiger partial charge < -0.3 is 5.32 Å². The lowest BCUT2D eigenvalue weighted by Crippen LogP contribution is -2.52. The van der Waals surface area contributed by atoms with Crippen LogP contribution in [-0.4, -0.2) is 17.3 Å². The molecule has 2 atom stereocenters. The molecule has 1 aromatic carbocycles. The van der Waals surface area contributed by atoms with Gasteiger partial charge in [-0.05, 0) is 37.3 Å². The molecule has 1 amide bonds. The number of carbonyl (C=O) groups is 1. The highest BCUT2D eigenvalue weighted by Crippen LogP contribution is 2.33. The second-order valence-corrected chi connectivity index (χ2v) is 6.42. The summed E-state index contributed by atoms with van der Waals surface area (Å²) < 4.78 is 27.1. The van der Waals surface area contributed by atoms with Crippen LogP contribution in [-0.2, 0) is 0 Å². The van der Waals surface area contributed by atoms with Crippen LogP contribution in [0.1, 0.15) is 48.5 Å². The van der Waals surface area contributed by atoms with Crippen molar-refractivity contribution < 1.29 is 13.6 Å². The number of nitrogens with one attached hydrogen (secondary N) is 1. The highest BCUT2D eigenvalue weighted by Gasteiger charge is 2.36. The van der Waals surface area contributed by atoms with E-state index >= 15 is 0 Å². The Morgan fingerprint density at radius 3 is 2.76 bits per heavy atom. The van der Waals surface area contributed by atoms with Gasteiger partial charge in [0.2, 0.25) is 0 Å². The molecular weight excluding hydrogens is 296 g/mol. The molecule has 1 saturated carbocycles. The van der Waals surface area contributed by atoms with E-state index in [-0.39, 0.29) is 11.1 Å². The van der Waals surface area contributed by atoms with Crippen molar-refractivity contribution in [2.45, 2.75) is 45.1 Å². The monoisotopic (exact) mass is 315 g/mol. The van der Waals surface area contributed by atoms with Gasteiger partial charge >= 0.3 is 0 Å². The van der Waals surface area contributed by atoms with Crippen molar-refractivity contribution in [1.82, 2.24) is 5.32 Å². The first-order chi connectivity index (χ1) is 9.87. The molecule has 2 unspecified atom stereocenters. The first-order valence-corrected chi connectivity index (χ1v) is 7.74. The number of carbonyl (C=O) groups excluding carboxylic acids is 1. The third-order valence-electron chi connectivity index (χ3n) is 4.22. The zero-order valence-corrected chi connectivity index (χ0v) is 13.1. The summed E-state index contributed by atoms with van der Waals surface area (Å²) in [6, 6.07) is 2.00. The van der Waals surface area contributed by atoms with E-state index < -0.39 is 23.1 Å². The summed E-state index contributed by atoms with van der Waals surface area (Å²) in [5.41, 5.74) is -0.375. The number of aryl methyl sites for hydroxylation is 1. The topological polar surface area (TPSA) is 29.1 Å². The Kier molecular flexibility index (Phi) is 4.87. The predicted molar refractivity (Wildman–Crippen MR) is 79.6 cm³/mol. The average Bonchev–Trinajstić information content (AvgIpc) is 2.42. The second kappa shape index (κ2) is 6.30. The van der Waals surface area contributed by atoms with Gasteiger partial charge in [0.25, 0.3) is 5.91 Å². The van der Waals surface area contributed by atoms with Crippen molar-refractivity contribution in [2.75, 3.05) is 5.88 Å². The van der Waals surface area contributed by atoms with E-state index in [9.17, 15) is 13.6 Å². The van der Waals surface area contributed by atoms with E-state index in [1.165, 1.54) is 13.0 Å². The van der Waals surface area contributed by atoms with Crippen LogP contribution in [0.3, 0.4) is 0 Å². The molecule has 21 heavy (non-hydrogen) atoms. The molecule has 0 aliphatic heterocycles. The van der Waals surface area contributed by atoms with Gasteiger partial charge in [-0.2, -0.15) is 0 Å². The molecule has 0 saturated heterocycles. The molecule has 0 bridgehead atoms. The van der Waals surface area contributed by atoms with Crippen molar-refractivity contribution in [3.8, 4) is 0 Å². The van der Waals surface area contributed by atoms with Gasteiger partial charge in [0.05, 0.1) is 11.1 Å². The van der Waals surface area contributed by atoms with Gasteiger partial charge in [0.15, 0.2) is 0 Å². The summed E-state index contributed by atoms with van der Waals surface area (Å²) in [6.07, 6.45) is 3.66. The van der Waals surface area contributed by atoms with Crippen LogP contribution in [0, 0.1) is 24.5 Å². The van der Waals surface area contributed by atoms with Crippen LogP contribution in [0.2, 0.25) is 0 Å². The third-order valence-corrected chi connectivity index (χ3v) is 4.73. The Bertz CT molecular complexity index is 549. The first kappa shape index (κ1) is 16.2. The highest BCUT2D eigenvalue weighted by atomic mass is 35.5. The molecule has 1 aliphatic carbocycles. The largest absolute Gasteiger partial charge is 0.345 e. The molecule has 0 radical (unpaired) electrons. The summed E-state index contributed by atoms with van der Waals surface area (Å²) in [4.78, 5) is 12.3. The predicted octanol–water partition coefficient (Wildman–Crippen LogP) is 4.19. The lowest BCUT2D eigenvalue weighted by Gasteiger charge is -2.39. The van der Waals surface area contributed by atoms with Crippen LogP contribution in [0.4, 0.5) is 8.78 Å². The lowest BCUT2D eigenvalue weighted by molar-refractivity contribution is 0.0863. The zero-order chi connectivity index (χ0) is 15.6. The molecule has 2 rings (SSSR count). The van der Waals surface area contributed by atoms with E-state index in [2.05, 4.69) is 12.2 Å². The number of rotatable bonds is 3. The maximum Gasteiger partial charge on any atom is 0.254 e. The summed E-state index contributed by atoms with van der Waals surface area (Å²) in [7, 11) is 0. The molecule has 116 valence electrons. The highest BCUT2D eigenvalue weighted by molar-refractivity contribution is 6.19. The van der Waals surface area contributed by atoms with Crippen molar-refractivity contribution in [2.24, 2.45) is 5.92 Å². The molecule has 0 heterocycles. The van der Waals surface area contributed by atoms with E-state index in [4.69, 9.17) is 11.6 Å². The van der Waals surface area contributed by atoms with Crippen molar-refractivity contribution in [3.05, 3.63) is 34.9 Å². The van der Waals surface area contributed by atoms with Gasteiger partial charge in [0, 0.05) is 11.9 Å². The molecule has 0 aromatic heterocycles. The molecule has 1 fully saturated rings. The number of hydrogen-bond acceptors (Lipinski definition) is 1. The molecule has 5 heteroatoms. The van der Waals surface area contributed by atoms with E-state index in [0.717, 1.165) is 31.7 Å². The quantitative estimate of drug-likeness (QED) is 0.833. The maximum atomic E-state index is 13.8. The molecule has 2 nitrogen and oxygen atoms in total. The minimum Gasteiger partial charge on any atom is -0.345 e. The number of alkyl halides is 1. The van der Waals surface area contributed by atoms with Crippen molar-refractivity contribution in [1.29, 1.82) is 0 Å². The Hall–Kier alpha value is -1.16. The number of amides is 1. The fraction of sp³-hybridized carbons (Fsp3) is 0.562. The minimum absolute atomic E-state index is 0.128. The Balaban J connectivity index is 2.22. The standard InChI is InChI=1S/C16H20ClF2NO/c1-10-4-3-5-16(8-10,9-17)20-15(21)12-6-11(2)13(18)7-14(12)19/h6-7,10H,3-5,8-9H2,1-2H3,(H,20,21). The van der Waals surface area contributed by atoms with E-state index in [1.807, 2.05) is 0 Å². The fourth-order valence-corrected chi connectivity index (χ4v) is 3.38. The summed E-state index contributed by atoms with van der Waals surface area (Å²) >= 11 is 6.06. The average molecular weight is 316 g/mol. The molecule has 1 N–H and O–H groups in total. The lowest BCUT2D eigenvalue weighted by atomic mass is 9.77. The van der Waals surface area contributed by atoms with E-state index in [0.29, 0.717) is 11.8 Å². The number of hydrogen-bond donors (Lipinski definition) is 1. The van der Waals surface area contributed by atoms with Gasteiger partial charge in [-0.25, -0.2) is 8.78 Å². The van der Waals surface area contributed by atoms with Crippen LogP contribution in [0.25, 0.3) is 0 Å². The minimum atomic E-state index is -0.843. The van der Waals surface area contributed by atoms with Crippen molar-refractivity contribution in [3.63, 3.8) is 0 Å². The Morgan fingerprint density at radius 2 is 2.14 bits per heavy atom. The van der Waals surface area contributed by atoms with Crippen LogP contribution in [0.15, 0.2) is 12.1 Å². The smallest absolute Gasteiger partial charge is 0.254 e. The van der Waals surface area contributed by atoms with Crippen LogP contribution < -0.4 is 5.32 Å². The fourth-order valence-electron chi connectivity index (χ4n) is 3.07. The molecule has 1 aromatic rings. The number of benzene rings is 1.